The molecule has 1 fully saturated rings. The van der Waals surface area contributed by atoms with Crippen molar-refractivity contribution in [2.45, 2.75) is 6.04 Å². The van der Waals surface area contributed by atoms with Gasteiger partial charge in [-0.1, -0.05) is 0 Å². The molecule has 0 aromatic carbocycles. The molecule has 2 rings (SSSR count). The van der Waals surface area contributed by atoms with Gasteiger partial charge >= 0.3 is 0 Å². The zero-order chi connectivity index (χ0) is 8.39. The maximum absolute atomic E-state index is 12.4. The molecule has 0 unspecified atom stereocenters. The van der Waals surface area contributed by atoms with E-state index in [1.807, 2.05) is 0 Å². The van der Waals surface area contributed by atoms with E-state index in [4.69, 9.17) is 0 Å². The van der Waals surface area contributed by atoms with Crippen LogP contribution in [0.5, 0.6) is 0 Å². The van der Waals surface area contributed by atoms with Crippen LogP contribution in [0.1, 0.15) is 0 Å². The average Bonchev–Trinajstić information content (AvgIpc) is 2.00. The molecule has 0 radical (unpaired) electrons. The lowest BCUT2D eigenvalue weighted by molar-refractivity contribution is 0.471. The second-order valence-corrected chi connectivity index (χ2v) is 2.86. The Morgan fingerprint density at radius 1 is 1.50 bits per heavy atom. The summed E-state index contributed by atoms with van der Waals surface area (Å²) in [6.45, 7) is 1.91. The van der Waals surface area contributed by atoms with Crippen LogP contribution in [0.3, 0.4) is 0 Å². The third-order valence-electron chi connectivity index (χ3n) is 1.86. The molecule has 2 heterocycles. The molecule has 0 atom stereocenters. The fourth-order valence-electron chi connectivity index (χ4n) is 1.06. The molecule has 1 aromatic heterocycles. The van der Waals surface area contributed by atoms with Crippen LogP contribution in [-0.4, -0.2) is 24.1 Å². The van der Waals surface area contributed by atoms with Crippen molar-refractivity contribution in [2.75, 3.05) is 18.4 Å². The first-order valence-corrected chi connectivity index (χ1v) is 3.93. The molecule has 0 aliphatic carbocycles. The third-order valence-corrected chi connectivity index (χ3v) is 1.86. The van der Waals surface area contributed by atoms with Gasteiger partial charge in [-0.15, -0.1) is 0 Å². The van der Waals surface area contributed by atoms with Crippen molar-refractivity contribution >= 4 is 5.82 Å². The predicted molar refractivity (Wildman–Crippen MR) is 44.5 cm³/mol. The van der Waals surface area contributed by atoms with E-state index >= 15 is 0 Å². The van der Waals surface area contributed by atoms with Crippen molar-refractivity contribution in [1.82, 2.24) is 10.3 Å². The Balaban J connectivity index is 1.98. The van der Waals surface area contributed by atoms with Gasteiger partial charge in [0, 0.05) is 13.1 Å². The highest BCUT2D eigenvalue weighted by Gasteiger charge is 2.15. The van der Waals surface area contributed by atoms with E-state index in [2.05, 4.69) is 15.6 Å². The number of halogens is 1. The average molecular weight is 167 g/mol. The van der Waals surface area contributed by atoms with E-state index in [1.54, 1.807) is 6.07 Å². The third kappa shape index (κ3) is 1.53. The standard InChI is InChI=1S/C8H10FN3/c9-6-1-2-8(11-3-6)12-7-4-10-5-7/h1-3,7,10H,4-5H2,(H,11,12). The fourth-order valence-corrected chi connectivity index (χ4v) is 1.06. The molecular weight excluding hydrogens is 157 g/mol. The lowest BCUT2D eigenvalue weighted by Crippen LogP contribution is -2.51. The summed E-state index contributed by atoms with van der Waals surface area (Å²) in [4.78, 5) is 3.89. The fraction of sp³-hybridized carbons (Fsp3) is 0.375. The number of hydrogen-bond acceptors (Lipinski definition) is 3. The zero-order valence-corrected chi connectivity index (χ0v) is 6.55. The second-order valence-electron chi connectivity index (χ2n) is 2.86. The Kier molecular flexibility index (Phi) is 1.91. The summed E-state index contributed by atoms with van der Waals surface area (Å²) >= 11 is 0. The van der Waals surface area contributed by atoms with E-state index < -0.39 is 0 Å². The number of anilines is 1. The normalized spacial score (nSPS) is 17.1. The minimum atomic E-state index is -0.299. The van der Waals surface area contributed by atoms with Gasteiger partial charge in [0.1, 0.15) is 11.6 Å². The van der Waals surface area contributed by atoms with Crippen LogP contribution in [0.15, 0.2) is 18.3 Å². The molecule has 0 saturated carbocycles. The van der Waals surface area contributed by atoms with Crippen molar-refractivity contribution in [3.8, 4) is 0 Å². The van der Waals surface area contributed by atoms with Gasteiger partial charge in [0.15, 0.2) is 0 Å². The van der Waals surface area contributed by atoms with Gasteiger partial charge in [-0.3, -0.25) is 0 Å². The van der Waals surface area contributed by atoms with Crippen LogP contribution in [0.25, 0.3) is 0 Å². The van der Waals surface area contributed by atoms with Crippen LogP contribution >= 0.6 is 0 Å². The summed E-state index contributed by atoms with van der Waals surface area (Å²) in [5, 5.41) is 6.29. The van der Waals surface area contributed by atoms with E-state index in [9.17, 15) is 4.39 Å². The van der Waals surface area contributed by atoms with Crippen LogP contribution in [0.4, 0.5) is 10.2 Å². The largest absolute Gasteiger partial charge is 0.365 e. The Hall–Kier alpha value is -1.16. The van der Waals surface area contributed by atoms with Crippen molar-refractivity contribution < 1.29 is 4.39 Å². The molecular formula is C8H10FN3. The number of rotatable bonds is 2. The van der Waals surface area contributed by atoms with Gasteiger partial charge in [-0.25, -0.2) is 9.37 Å². The van der Waals surface area contributed by atoms with Gasteiger partial charge in [0.05, 0.1) is 12.2 Å². The van der Waals surface area contributed by atoms with E-state index in [0.717, 1.165) is 18.9 Å². The Labute approximate surface area is 70.0 Å². The summed E-state index contributed by atoms with van der Waals surface area (Å²) in [5.41, 5.74) is 0. The van der Waals surface area contributed by atoms with Crippen LogP contribution < -0.4 is 10.6 Å². The molecule has 3 nitrogen and oxygen atoms in total. The first-order valence-electron chi connectivity index (χ1n) is 3.93. The molecule has 0 spiro atoms. The molecule has 1 saturated heterocycles. The molecule has 0 bridgehead atoms. The van der Waals surface area contributed by atoms with Gasteiger partial charge < -0.3 is 10.6 Å². The summed E-state index contributed by atoms with van der Waals surface area (Å²) in [7, 11) is 0. The minimum Gasteiger partial charge on any atom is -0.365 e. The molecule has 1 aromatic rings. The minimum absolute atomic E-state index is 0.299. The topological polar surface area (TPSA) is 37.0 Å². The maximum atomic E-state index is 12.4. The summed E-state index contributed by atoms with van der Waals surface area (Å²) in [6.07, 6.45) is 1.22. The molecule has 1 aliphatic heterocycles. The van der Waals surface area contributed by atoms with Crippen molar-refractivity contribution in [3.63, 3.8) is 0 Å². The predicted octanol–water partition coefficient (Wildman–Crippen LogP) is 0.604. The maximum Gasteiger partial charge on any atom is 0.141 e. The molecule has 12 heavy (non-hydrogen) atoms. The first-order chi connectivity index (χ1) is 5.84. The number of nitrogens with one attached hydrogen (secondary N) is 2. The molecule has 4 heteroatoms. The second kappa shape index (κ2) is 3.06. The van der Waals surface area contributed by atoms with Gasteiger partial charge in [0.2, 0.25) is 0 Å². The van der Waals surface area contributed by atoms with E-state index in [-0.39, 0.29) is 5.82 Å². The highest BCUT2D eigenvalue weighted by atomic mass is 19.1. The smallest absolute Gasteiger partial charge is 0.141 e. The number of pyridine rings is 1. The Morgan fingerprint density at radius 3 is 2.83 bits per heavy atom. The zero-order valence-electron chi connectivity index (χ0n) is 6.55. The molecule has 1 aliphatic rings. The molecule has 2 N–H and O–H groups in total. The van der Waals surface area contributed by atoms with E-state index in [1.165, 1.54) is 12.3 Å². The highest BCUT2D eigenvalue weighted by Crippen LogP contribution is 2.06. The van der Waals surface area contributed by atoms with E-state index in [0.29, 0.717) is 6.04 Å². The summed E-state index contributed by atoms with van der Waals surface area (Å²) < 4.78 is 12.4. The van der Waals surface area contributed by atoms with Crippen LogP contribution in [0.2, 0.25) is 0 Å². The van der Waals surface area contributed by atoms with Gasteiger partial charge in [-0.05, 0) is 12.1 Å². The van der Waals surface area contributed by atoms with Crippen LogP contribution in [-0.2, 0) is 0 Å². The highest BCUT2D eigenvalue weighted by molar-refractivity contribution is 5.35. The number of aromatic nitrogens is 1. The Morgan fingerprint density at radius 2 is 2.33 bits per heavy atom. The monoisotopic (exact) mass is 167 g/mol. The van der Waals surface area contributed by atoms with Gasteiger partial charge in [0.25, 0.3) is 0 Å². The number of nitrogens with zero attached hydrogens (tertiary/aromatic N) is 1. The summed E-state index contributed by atoms with van der Waals surface area (Å²) in [5.74, 6) is 0.440. The SMILES string of the molecule is Fc1ccc(NC2CNC2)nc1. The number of hydrogen-bond donors (Lipinski definition) is 2. The van der Waals surface area contributed by atoms with Gasteiger partial charge in [-0.2, -0.15) is 0 Å². The first kappa shape index (κ1) is 7.49. The molecule has 64 valence electrons. The Bertz CT molecular complexity index is 256. The van der Waals surface area contributed by atoms with Crippen LogP contribution in [0, 0.1) is 5.82 Å². The summed E-state index contributed by atoms with van der Waals surface area (Å²) in [6, 6.07) is 3.50. The van der Waals surface area contributed by atoms with Crippen molar-refractivity contribution in [2.24, 2.45) is 0 Å². The van der Waals surface area contributed by atoms with Crippen molar-refractivity contribution in [1.29, 1.82) is 0 Å². The molecule has 0 amide bonds. The lowest BCUT2D eigenvalue weighted by Gasteiger charge is -2.28. The lowest BCUT2D eigenvalue weighted by atomic mass is 10.2. The quantitative estimate of drug-likeness (QED) is 0.677. The van der Waals surface area contributed by atoms with Crippen molar-refractivity contribution in [3.05, 3.63) is 24.1 Å².